The highest BCUT2D eigenvalue weighted by atomic mass is 35.5. The molecule has 0 aromatic heterocycles. The Bertz CT molecular complexity index is 635. The van der Waals surface area contributed by atoms with Crippen LogP contribution in [0.25, 0.3) is 0 Å². The van der Waals surface area contributed by atoms with Crippen LogP contribution in [-0.2, 0) is 17.7 Å². The maximum absolute atomic E-state index is 5.90. The van der Waals surface area contributed by atoms with Crippen LogP contribution in [0.4, 0.5) is 0 Å². The van der Waals surface area contributed by atoms with Gasteiger partial charge in [-0.1, -0.05) is 36.4 Å². The van der Waals surface area contributed by atoms with Crippen LogP contribution in [0.1, 0.15) is 31.4 Å². The standard InChI is InChI=1S/C22H31NO3.ClH/c1-18(2)25-14-7-13-23-17-20-10-11-21(22(16-20)24-3)26-15-12-19-8-5-4-6-9-19;/h4-6,8-11,16,18,23H,7,12-15,17H2,1-3H3;1H. The molecule has 0 saturated carbocycles. The largest absolute Gasteiger partial charge is 0.493 e. The lowest BCUT2D eigenvalue weighted by Crippen LogP contribution is -2.17. The molecule has 0 spiro atoms. The van der Waals surface area contributed by atoms with E-state index in [1.165, 1.54) is 11.1 Å². The van der Waals surface area contributed by atoms with Gasteiger partial charge >= 0.3 is 0 Å². The first kappa shape index (κ1) is 23.3. The van der Waals surface area contributed by atoms with E-state index in [0.717, 1.165) is 44.0 Å². The number of rotatable bonds is 12. The Kier molecular flexibility index (Phi) is 11.6. The normalized spacial score (nSPS) is 10.5. The summed E-state index contributed by atoms with van der Waals surface area (Å²) in [6.45, 7) is 7.29. The van der Waals surface area contributed by atoms with E-state index in [1.807, 2.05) is 30.3 Å². The van der Waals surface area contributed by atoms with Gasteiger partial charge in [-0.25, -0.2) is 0 Å². The summed E-state index contributed by atoms with van der Waals surface area (Å²) in [4.78, 5) is 0. The van der Waals surface area contributed by atoms with Gasteiger partial charge in [0.2, 0.25) is 0 Å². The van der Waals surface area contributed by atoms with E-state index in [4.69, 9.17) is 14.2 Å². The number of nitrogens with one attached hydrogen (secondary N) is 1. The fraction of sp³-hybridized carbons (Fsp3) is 0.455. The van der Waals surface area contributed by atoms with E-state index in [-0.39, 0.29) is 12.4 Å². The van der Waals surface area contributed by atoms with Crippen molar-refractivity contribution in [3.8, 4) is 11.5 Å². The summed E-state index contributed by atoms with van der Waals surface area (Å²) >= 11 is 0. The molecular weight excluding hydrogens is 362 g/mol. The predicted octanol–water partition coefficient (Wildman–Crippen LogP) is 4.64. The highest BCUT2D eigenvalue weighted by Crippen LogP contribution is 2.28. The molecule has 0 unspecified atom stereocenters. The average molecular weight is 394 g/mol. The van der Waals surface area contributed by atoms with Gasteiger partial charge in [-0.3, -0.25) is 0 Å². The zero-order valence-corrected chi connectivity index (χ0v) is 17.4. The smallest absolute Gasteiger partial charge is 0.161 e. The molecule has 150 valence electrons. The third kappa shape index (κ3) is 9.14. The molecule has 2 aromatic carbocycles. The second-order valence-corrected chi connectivity index (χ2v) is 6.52. The Hall–Kier alpha value is -1.75. The van der Waals surface area contributed by atoms with Crippen molar-refractivity contribution >= 4 is 12.4 Å². The van der Waals surface area contributed by atoms with Crippen LogP contribution in [0.3, 0.4) is 0 Å². The van der Waals surface area contributed by atoms with Crippen LogP contribution in [0.5, 0.6) is 11.5 Å². The Morgan fingerprint density at radius 3 is 2.41 bits per heavy atom. The minimum atomic E-state index is 0. The number of hydrogen-bond donors (Lipinski definition) is 1. The van der Waals surface area contributed by atoms with Gasteiger partial charge in [0.25, 0.3) is 0 Å². The molecule has 0 aliphatic heterocycles. The summed E-state index contributed by atoms with van der Waals surface area (Å²) in [5, 5.41) is 3.43. The zero-order valence-electron chi connectivity index (χ0n) is 16.6. The van der Waals surface area contributed by atoms with Gasteiger partial charge in [0.1, 0.15) is 0 Å². The second-order valence-electron chi connectivity index (χ2n) is 6.52. The van der Waals surface area contributed by atoms with E-state index in [2.05, 4.69) is 37.4 Å². The average Bonchev–Trinajstić information content (AvgIpc) is 2.66. The number of hydrogen-bond acceptors (Lipinski definition) is 4. The van der Waals surface area contributed by atoms with Crippen molar-refractivity contribution in [1.82, 2.24) is 5.32 Å². The monoisotopic (exact) mass is 393 g/mol. The number of halogens is 1. The second kappa shape index (κ2) is 13.4. The summed E-state index contributed by atoms with van der Waals surface area (Å²) in [6.07, 6.45) is 2.19. The predicted molar refractivity (Wildman–Crippen MR) is 113 cm³/mol. The molecule has 0 atom stereocenters. The molecule has 0 amide bonds. The third-order valence-corrected chi connectivity index (χ3v) is 4.00. The van der Waals surface area contributed by atoms with Gasteiger partial charge in [-0.05, 0) is 50.1 Å². The van der Waals surface area contributed by atoms with Crippen molar-refractivity contribution in [2.75, 3.05) is 26.9 Å². The fourth-order valence-electron chi connectivity index (χ4n) is 2.61. The van der Waals surface area contributed by atoms with Gasteiger partial charge in [0.15, 0.2) is 11.5 Å². The van der Waals surface area contributed by atoms with Crippen LogP contribution < -0.4 is 14.8 Å². The molecule has 2 rings (SSSR count). The van der Waals surface area contributed by atoms with Crippen LogP contribution in [0, 0.1) is 0 Å². The molecule has 1 N–H and O–H groups in total. The minimum Gasteiger partial charge on any atom is -0.493 e. The Labute approximate surface area is 169 Å². The fourth-order valence-corrected chi connectivity index (χ4v) is 2.61. The van der Waals surface area contributed by atoms with Crippen molar-refractivity contribution in [3.05, 3.63) is 59.7 Å². The Morgan fingerprint density at radius 1 is 0.926 bits per heavy atom. The van der Waals surface area contributed by atoms with Gasteiger partial charge in [0, 0.05) is 19.6 Å². The minimum absolute atomic E-state index is 0. The first-order valence-electron chi connectivity index (χ1n) is 9.35. The zero-order chi connectivity index (χ0) is 18.6. The van der Waals surface area contributed by atoms with Gasteiger partial charge in [-0.15, -0.1) is 12.4 Å². The van der Waals surface area contributed by atoms with Crippen molar-refractivity contribution in [2.45, 2.75) is 39.3 Å². The molecule has 27 heavy (non-hydrogen) atoms. The van der Waals surface area contributed by atoms with E-state index in [9.17, 15) is 0 Å². The number of ether oxygens (including phenoxy) is 3. The Balaban J connectivity index is 0.00000364. The topological polar surface area (TPSA) is 39.7 Å². The van der Waals surface area contributed by atoms with E-state index in [0.29, 0.717) is 12.7 Å². The van der Waals surface area contributed by atoms with Gasteiger partial charge < -0.3 is 19.5 Å². The first-order chi connectivity index (χ1) is 12.7. The first-order valence-corrected chi connectivity index (χ1v) is 9.35. The van der Waals surface area contributed by atoms with Crippen molar-refractivity contribution in [3.63, 3.8) is 0 Å². The summed E-state index contributed by atoms with van der Waals surface area (Å²) in [7, 11) is 1.68. The third-order valence-electron chi connectivity index (χ3n) is 4.00. The molecule has 0 radical (unpaired) electrons. The molecule has 0 bridgehead atoms. The van der Waals surface area contributed by atoms with Crippen LogP contribution in [0.2, 0.25) is 0 Å². The van der Waals surface area contributed by atoms with Crippen molar-refractivity contribution in [2.24, 2.45) is 0 Å². The highest BCUT2D eigenvalue weighted by Gasteiger charge is 2.06. The van der Waals surface area contributed by atoms with E-state index >= 15 is 0 Å². The maximum atomic E-state index is 5.90. The van der Waals surface area contributed by atoms with Gasteiger partial charge in [0.05, 0.1) is 19.8 Å². The molecule has 5 heteroatoms. The van der Waals surface area contributed by atoms with E-state index in [1.54, 1.807) is 7.11 Å². The SMILES string of the molecule is COc1cc(CNCCCOC(C)C)ccc1OCCc1ccccc1.Cl. The summed E-state index contributed by atoms with van der Waals surface area (Å²) in [5.74, 6) is 1.57. The molecule has 0 fully saturated rings. The van der Waals surface area contributed by atoms with Crippen LogP contribution in [-0.4, -0.2) is 33.0 Å². The highest BCUT2D eigenvalue weighted by molar-refractivity contribution is 5.85. The number of benzene rings is 2. The van der Waals surface area contributed by atoms with Crippen LogP contribution in [0.15, 0.2) is 48.5 Å². The Morgan fingerprint density at radius 2 is 1.70 bits per heavy atom. The maximum Gasteiger partial charge on any atom is 0.161 e. The summed E-state index contributed by atoms with van der Waals surface area (Å²) in [5.41, 5.74) is 2.45. The quantitative estimate of drug-likeness (QED) is 0.533. The van der Waals surface area contributed by atoms with E-state index < -0.39 is 0 Å². The number of methoxy groups -OCH3 is 1. The molecule has 4 nitrogen and oxygen atoms in total. The van der Waals surface area contributed by atoms with Crippen molar-refractivity contribution in [1.29, 1.82) is 0 Å². The molecule has 0 aliphatic rings. The summed E-state index contributed by atoms with van der Waals surface area (Å²) in [6, 6.07) is 16.5. The molecule has 0 saturated heterocycles. The molecule has 2 aromatic rings. The van der Waals surface area contributed by atoms with Crippen LogP contribution >= 0.6 is 12.4 Å². The summed E-state index contributed by atoms with van der Waals surface area (Å²) < 4.78 is 16.9. The van der Waals surface area contributed by atoms with Gasteiger partial charge in [-0.2, -0.15) is 0 Å². The molecule has 0 aliphatic carbocycles. The van der Waals surface area contributed by atoms with Crippen molar-refractivity contribution < 1.29 is 14.2 Å². The molecule has 0 heterocycles. The lowest BCUT2D eigenvalue weighted by Gasteiger charge is -2.13. The molecular formula is C22H32ClNO3. The lowest BCUT2D eigenvalue weighted by atomic mass is 10.1. The lowest BCUT2D eigenvalue weighted by molar-refractivity contribution is 0.0770.